The summed E-state index contributed by atoms with van der Waals surface area (Å²) in [7, 11) is 0. The molecule has 2 amide bonds. The van der Waals surface area contributed by atoms with Crippen LogP contribution in [0.1, 0.15) is 36.8 Å². The van der Waals surface area contributed by atoms with E-state index in [1.807, 2.05) is 0 Å². The van der Waals surface area contributed by atoms with Gasteiger partial charge in [-0.1, -0.05) is 23.7 Å². The Bertz CT molecular complexity index is 751. The zero-order valence-corrected chi connectivity index (χ0v) is 13.5. The van der Waals surface area contributed by atoms with Crippen molar-refractivity contribution in [3.8, 4) is 0 Å². The standard InChI is InChI=1S/C16H12ClNO4S/c17-13-7-6-12(23-13)16(21)22-9-3-8-18-14(19)10-4-1-2-5-11(10)15(18)20/h1-2,4-7H,3,8-9H2. The fraction of sp³-hybridized carbons (Fsp3) is 0.188. The van der Waals surface area contributed by atoms with Gasteiger partial charge in [0, 0.05) is 6.54 Å². The molecular weight excluding hydrogens is 338 g/mol. The summed E-state index contributed by atoms with van der Waals surface area (Å²) in [5, 5.41) is 0. The first-order chi connectivity index (χ1) is 11.1. The Hall–Kier alpha value is -2.18. The van der Waals surface area contributed by atoms with Gasteiger partial charge >= 0.3 is 5.97 Å². The van der Waals surface area contributed by atoms with E-state index in [1.54, 1.807) is 36.4 Å². The molecule has 2 heterocycles. The van der Waals surface area contributed by atoms with Crippen LogP contribution in [0.15, 0.2) is 36.4 Å². The average molecular weight is 350 g/mol. The summed E-state index contributed by atoms with van der Waals surface area (Å²) in [6, 6.07) is 9.94. The molecule has 2 aromatic rings. The Morgan fingerprint density at radius 2 is 1.74 bits per heavy atom. The van der Waals surface area contributed by atoms with Gasteiger partial charge in [0.05, 0.1) is 22.1 Å². The first-order valence-corrected chi connectivity index (χ1v) is 8.15. The number of benzene rings is 1. The van der Waals surface area contributed by atoms with Crippen molar-refractivity contribution in [1.29, 1.82) is 0 Å². The van der Waals surface area contributed by atoms with Gasteiger partial charge in [-0.3, -0.25) is 14.5 Å². The van der Waals surface area contributed by atoms with Crippen LogP contribution >= 0.6 is 22.9 Å². The van der Waals surface area contributed by atoms with Gasteiger partial charge in [0.2, 0.25) is 0 Å². The molecule has 1 aromatic heterocycles. The van der Waals surface area contributed by atoms with E-state index in [9.17, 15) is 14.4 Å². The number of halogens is 1. The minimum absolute atomic E-state index is 0.127. The molecule has 0 spiro atoms. The number of imide groups is 1. The maximum absolute atomic E-state index is 12.1. The highest BCUT2D eigenvalue weighted by Crippen LogP contribution is 2.23. The molecule has 0 atom stereocenters. The number of ether oxygens (including phenoxy) is 1. The number of fused-ring (bicyclic) bond motifs is 1. The molecule has 0 radical (unpaired) electrons. The number of nitrogens with zero attached hydrogens (tertiary/aromatic N) is 1. The van der Waals surface area contributed by atoms with Gasteiger partial charge in [0.25, 0.3) is 11.8 Å². The van der Waals surface area contributed by atoms with Crippen molar-refractivity contribution in [3.63, 3.8) is 0 Å². The quantitative estimate of drug-likeness (QED) is 0.472. The van der Waals surface area contributed by atoms with E-state index in [2.05, 4.69) is 0 Å². The van der Waals surface area contributed by atoms with Crippen LogP contribution in [0.3, 0.4) is 0 Å². The Morgan fingerprint density at radius 1 is 1.09 bits per heavy atom. The number of carbonyl (C=O) groups excluding carboxylic acids is 3. The molecule has 0 saturated heterocycles. The van der Waals surface area contributed by atoms with Crippen LogP contribution < -0.4 is 0 Å². The Kier molecular flexibility index (Phi) is 4.45. The fourth-order valence-electron chi connectivity index (χ4n) is 2.32. The number of hydrogen-bond donors (Lipinski definition) is 0. The van der Waals surface area contributed by atoms with Gasteiger partial charge in [-0.2, -0.15) is 0 Å². The van der Waals surface area contributed by atoms with Gasteiger partial charge in [-0.15, -0.1) is 11.3 Å². The molecule has 0 unspecified atom stereocenters. The van der Waals surface area contributed by atoms with Crippen molar-refractivity contribution in [2.75, 3.05) is 13.2 Å². The first-order valence-electron chi connectivity index (χ1n) is 6.95. The lowest BCUT2D eigenvalue weighted by Gasteiger charge is -2.13. The van der Waals surface area contributed by atoms with Crippen molar-refractivity contribution < 1.29 is 19.1 Å². The molecule has 5 nitrogen and oxygen atoms in total. The second-order valence-corrected chi connectivity index (χ2v) is 6.62. The molecule has 0 saturated carbocycles. The summed E-state index contributed by atoms with van der Waals surface area (Å²) in [4.78, 5) is 37.6. The first kappa shape index (κ1) is 15.7. The minimum Gasteiger partial charge on any atom is -0.461 e. The van der Waals surface area contributed by atoms with Crippen LogP contribution in [-0.2, 0) is 4.74 Å². The maximum Gasteiger partial charge on any atom is 0.348 e. The second-order valence-electron chi connectivity index (χ2n) is 4.90. The molecular formula is C16H12ClNO4S. The minimum atomic E-state index is -0.454. The highest BCUT2D eigenvalue weighted by Gasteiger charge is 2.34. The summed E-state index contributed by atoms with van der Waals surface area (Å²) in [5.74, 6) is -1.06. The Labute approximate surface area is 141 Å². The van der Waals surface area contributed by atoms with Crippen molar-refractivity contribution >= 4 is 40.7 Å². The predicted octanol–water partition coefficient (Wildman–Crippen LogP) is 3.24. The molecule has 1 aromatic carbocycles. The highest BCUT2D eigenvalue weighted by atomic mass is 35.5. The van der Waals surface area contributed by atoms with Gasteiger partial charge in [0.15, 0.2) is 0 Å². The predicted molar refractivity (Wildman–Crippen MR) is 86.0 cm³/mol. The van der Waals surface area contributed by atoms with E-state index in [-0.39, 0.29) is 25.0 Å². The highest BCUT2D eigenvalue weighted by molar-refractivity contribution is 7.17. The van der Waals surface area contributed by atoms with Crippen LogP contribution in [0.5, 0.6) is 0 Å². The van der Waals surface area contributed by atoms with E-state index < -0.39 is 5.97 Å². The lowest BCUT2D eigenvalue weighted by molar-refractivity contribution is 0.0488. The number of carbonyl (C=O) groups is 3. The van der Waals surface area contributed by atoms with Crippen molar-refractivity contribution in [2.24, 2.45) is 0 Å². The molecule has 118 valence electrons. The van der Waals surface area contributed by atoms with Crippen molar-refractivity contribution in [2.45, 2.75) is 6.42 Å². The number of amides is 2. The zero-order chi connectivity index (χ0) is 16.4. The third kappa shape index (κ3) is 3.13. The van der Waals surface area contributed by atoms with Crippen LogP contribution in [0.4, 0.5) is 0 Å². The summed E-state index contributed by atoms with van der Waals surface area (Å²) in [6.45, 7) is 0.340. The normalized spacial score (nSPS) is 13.3. The average Bonchev–Trinajstić information content (AvgIpc) is 3.09. The summed E-state index contributed by atoms with van der Waals surface area (Å²) in [6.07, 6.45) is 0.385. The van der Waals surface area contributed by atoms with Gasteiger partial charge < -0.3 is 4.74 Å². The molecule has 0 fully saturated rings. The second kappa shape index (κ2) is 6.52. The molecule has 1 aliphatic heterocycles. The molecule has 0 bridgehead atoms. The summed E-state index contributed by atoms with van der Waals surface area (Å²) in [5.41, 5.74) is 0.838. The summed E-state index contributed by atoms with van der Waals surface area (Å²) < 4.78 is 5.63. The SMILES string of the molecule is O=C(OCCCN1C(=O)c2ccccc2C1=O)c1ccc(Cl)s1. The van der Waals surface area contributed by atoms with Crippen molar-refractivity contribution in [1.82, 2.24) is 4.90 Å². The molecule has 1 aliphatic rings. The van der Waals surface area contributed by atoms with E-state index in [4.69, 9.17) is 16.3 Å². The van der Waals surface area contributed by atoms with Crippen LogP contribution in [-0.4, -0.2) is 35.8 Å². The molecule has 0 N–H and O–H groups in total. The van der Waals surface area contributed by atoms with E-state index in [1.165, 1.54) is 4.90 Å². The largest absolute Gasteiger partial charge is 0.461 e. The fourth-order valence-corrected chi connectivity index (χ4v) is 3.26. The Morgan fingerprint density at radius 3 is 2.30 bits per heavy atom. The summed E-state index contributed by atoms with van der Waals surface area (Å²) >= 11 is 6.90. The topological polar surface area (TPSA) is 63.7 Å². The molecule has 0 aliphatic carbocycles. The van der Waals surface area contributed by atoms with Gasteiger partial charge in [-0.25, -0.2) is 4.79 Å². The third-order valence-corrected chi connectivity index (χ3v) is 4.62. The number of thiophene rings is 1. The van der Waals surface area contributed by atoms with Crippen LogP contribution in [0.2, 0.25) is 4.34 Å². The lowest BCUT2D eigenvalue weighted by Crippen LogP contribution is -2.31. The molecule has 7 heteroatoms. The van der Waals surface area contributed by atoms with E-state index in [0.717, 1.165) is 11.3 Å². The Balaban J connectivity index is 1.51. The lowest BCUT2D eigenvalue weighted by atomic mass is 10.1. The number of esters is 1. The van der Waals surface area contributed by atoms with Gasteiger partial charge in [-0.05, 0) is 30.7 Å². The number of hydrogen-bond acceptors (Lipinski definition) is 5. The number of rotatable bonds is 5. The maximum atomic E-state index is 12.1. The van der Waals surface area contributed by atoms with Crippen LogP contribution in [0.25, 0.3) is 0 Å². The molecule has 3 rings (SSSR count). The van der Waals surface area contributed by atoms with E-state index >= 15 is 0 Å². The van der Waals surface area contributed by atoms with Crippen LogP contribution in [0, 0.1) is 0 Å². The zero-order valence-electron chi connectivity index (χ0n) is 12.0. The van der Waals surface area contributed by atoms with E-state index in [0.29, 0.717) is 26.8 Å². The smallest absolute Gasteiger partial charge is 0.348 e. The third-order valence-electron chi connectivity index (χ3n) is 3.41. The van der Waals surface area contributed by atoms with Crippen molar-refractivity contribution in [3.05, 3.63) is 56.7 Å². The monoisotopic (exact) mass is 349 g/mol. The molecule has 23 heavy (non-hydrogen) atoms. The van der Waals surface area contributed by atoms with Gasteiger partial charge in [0.1, 0.15) is 4.88 Å².